The molecule has 2 heterocycles. The van der Waals surface area contributed by atoms with Crippen LogP contribution >= 0.6 is 11.8 Å². The van der Waals surface area contributed by atoms with Gasteiger partial charge in [-0.05, 0) is 29.7 Å². The van der Waals surface area contributed by atoms with Gasteiger partial charge in [-0.1, -0.05) is 13.8 Å². The van der Waals surface area contributed by atoms with Gasteiger partial charge in [0, 0.05) is 11.8 Å². The van der Waals surface area contributed by atoms with Crippen LogP contribution in [-0.2, 0) is 0 Å². The van der Waals surface area contributed by atoms with Crippen LogP contribution in [0.15, 0.2) is 18.2 Å². The van der Waals surface area contributed by atoms with E-state index in [4.69, 9.17) is 4.74 Å². The Morgan fingerprint density at radius 3 is 2.84 bits per heavy atom. The second-order valence-corrected chi connectivity index (χ2v) is 7.34. The topological polar surface area (TPSA) is 26.3 Å². The lowest BCUT2D eigenvalue weighted by molar-refractivity contribution is 0.0254. The molecule has 0 radical (unpaired) electrons. The fourth-order valence-corrected chi connectivity index (χ4v) is 4.53. The normalized spacial score (nSPS) is 28.9. The van der Waals surface area contributed by atoms with Crippen LogP contribution in [0.3, 0.4) is 0 Å². The third-order valence-corrected chi connectivity index (χ3v) is 5.43. The number of Topliss-reactive ketones (excluding diaryl/α,β-unsaturated/α-hetero) is 1. The fourth-order valence-electron chi connectivity index (χ4n) is 3.13. The number of hydrogen-bond acceptors (Lipinski definition) is 3. The molecule has 0 amide bonds. The molecule has 3 rings (SSSR count). The van der Waals surface area contributed by atoms with E-state index in [9.17, 15) is 9.18 Å². The van der Waals surface area contributed by atoms with Crippen LogP contribution < -0.4 is 4.74 Å². The number of ether oxygens (including phenoxy) is 1. The average molecular weight is 280 g/mol. The summed E-state index contributed by atoms with van der Waals surface area (Å²) in [6, 6.07) is 4.18. The average Bonchev–Trinajstić information content (AvgIpc) is 2.25. The molecule has 0 saturated carbocycles. The minimum Gasteiger partial charge on any atom is -0.485 e. The fraction of sp³-hybridized carbons (Fsp3) is 0.533. The minimum atomic E-state index is -0.454. The molecule has 1 atom stereocenters. The van der Waals surface area contributed by atoms with Crippen molar-refractivity contribution in [1.29, 1.82) is 0 Å². The van der Waals surface area contributed by atoms with E-state index in [0.29, 0.717) is 17.7 Å². The Morgan fingerprint density at radius 1 is 1.32 bits per heavy atom. The monoisotopic (exact) mass is 280 g/mol. The predicted molar refractivity (Wildman–Crippen MR) is 74.4 cm³/mol. The molecule has 0 aliphatic carbocycles. The third kappa shape index (κ3) is 2.38. The van der Waals surface area contributed by atoms with Gasteiger partial charge in [0.15, 0.2) is 5.78 Å². The highest BCUT2D eigenvalue weighted by atomic mass is 32.2. The molecule has 1 saturated heterocycles. The van der Waals surface area contributed by atoms with Gasteiger partial charge in [-0.2, -0.15) is 11.8 Å². The van der Waals surface area contributed by atoms with Crippen LogP contribution in [-0.4, -0.2) is 22.9 Å². The van der Waals surface area contributed by atoms with Crippen molar-refractivity contribution in [2.45, 2.75) is 32.3 Å². The Bertz CT molecular complexity index is 541. The standard InChI is InChI=1S/C15H17FO2S/c1-14(2)7-15(9-19-8-14)6-12(17)11-4-3-10(16)5-13(11)18-15/h3-5H,6-9H2,1-2H3. The van der Waals surface area contributed by atoms with Gasteiger partial charge in [0.1, 0.15) is 17.2 Å². The molecule has 19 heavy (non-hydrogen) atoms. The van der Waals surface area contributed by atoms with Gasteiger partial charge in [0.25, 0.3) is 0 Å². The van der Waals surface area contributed by atoms with Crippen molar-refractivity contribution in [2.75, 3.05) is 11.5 Å². The molecule has 1 spiro atoms. The lowest BCUT2D eigenvalue weighted by atomic mass is 9.77. The summed E-state index contributed by atoms with van der Waals surface area (Å²) in [5, 5.41) is 0. The zero-order valence-corrected chi connectivity index (χ0v) is 12.0. The first kappa shape index (κ1) is 13.0. The maximum absolute atomic E-state index is 13.3. The van der Waals surface area contributed by atoms with Gasteiger partial charge in [0.2, 0.25) is 0 Å². The molecule has 2 aliphatic heterocycles. The summed E-state index contributed by atoms with van der Waals surface area (Å²) in [4.78, 5) is 12.3. The van der Waals surface area contributed by atoms with Crippen LogP contribution in [0, 0.1) is 11.2 Å². The molecule has 1 aromatic rings. The maximum Gasteiger partial charge on any atom is 0.170 e. The first-order valence-corrected chi connectivity index (χ1v) is 7.64. The Labute approximate surface area is 116 Å². The molecule has 0 bridgehead atoms. The zero-order valence-electron chi connectivity index (χ0n) is 11.2. The molecule has 1 fully saturated rings. The number of fused-ring (bicyclic) bond motifs is 1. The molecular weight excluding hydrogens is 263 g/mol. The van der Waals surface area contributed by atoms with E-state index in [2.05, 4.69) is 13.8 Å². The summed E-state index contributed by atoms with van der Waals surface area (Å²) in [7, 11) is 0. The number of carbonyl (C=O) groups excluding carboxylic acids is 1. The summed E-state index contributed by atoms with van der Waals surface area (Å²) < 4.78 is 19.4. The van der Waals surface area contributed by atoms with Gasteiger partial charge < -0.3 is 4.74 Å². The zero-order chi connectivity index (χ0) is 13.7. The van der Waals surface area contributed by atoms with E-state index in [-0.39, 0.29) is 17.0 Å². The van der Waals surface area contributed by atoms with Crippen molar-refractivity contribution < 1.29 is 13.9 Å². The molecule has 0 N–H and O–H groups in total. The van der Waals surface area contributed by atoms with Crippen molar-refractivity contribution in [3.8, 4) is 5.75 Å². The first-order valence-electron chi connectivity index (χ1n) is 6.49. The molecule has 0 aromatic heterocycles. The number of hydrogen-bond donors (Lipinski definition) is 0. The SMILES string of the molecule is CC1(C)CSCC2(CC(=O)c3ccc(F)cc3O2)C1. The second-order valence-electron chi connectivity index (χ2n) is 6.36. The van der Waals surface area contributed by atoms with E-state index >= 15 is 0 Å². The highest BCUT2D eigenvalue weighted by Crippen LogP contribution is 2.46. The van der Waals surface area contributed by atoms with Crippen molar-refractivity contribution in [3.63, 3.8) is 0 Å². The van der Waals surface area contributed by atoms with Crippen LogP contribution in [0.5, 0.6) is 5.75 Å². The summed E-state index contributed by atoms with van der Waals surface area (Å²) in [6.45, 7) is 4.38. The van der Waals surface area contributed by atoms with E-state index in [0.717, 1.165) is 17.9 Å². The Balaban J connectivity index is 1.98. The molecule has 2 aliphatic rings. The van der Waals surface area contributed by atoms with Crippen LogP contribution in [0.25, 0.3) is 0 Å². The van der Waals surface area contributed by atoms with Gasteiger partial charge in [-0.3, -0.25) is 4.79 Å². The molecule has 102 valence electrons. The van der Waals surface area contributed by atoms with Crippen LogP contribution in [0.2, 0.25) is 0 Å². The molecule has 2 nitrogen and oxygen atoms in total. The number of halogens is 1. The molecular formula is C15H17FO2S. The van der Waals surface area contributed by atoms with Gasteiger partial charge in [-0.15, -0.1) is 0 Å². The summed E-state index contributed by atoms with van der Waals surface area (Å²) in [5.74, 6) is 2.00. The predicted octanol–water partition coefficient (Wildman–Crippen LogP) is 3.69. The minimum absolute atomic E-state index is 0.0690. The van der Waals surface area contributed by atoms with E-state index in [1.165, 1.54) is 18.2 Å². The van der Waals surface area contributed by atoms with Crippen molar-refractivity contribution in [1.82, 2.24) is 0 Å². The van der Waals surface area contributed by atoms with Crippen LogP contribution in [0.1, 0.15) is 37.0 Å². The third-order valence-electron chi connectivity index (χ3n) is 3.71. The van der Waals surface area contributed by atoms with Crippen LogP contribution in [0.4, 0.5) is 4.39 Å². The number of ketones is 1. The molecule has 4 heteroatoms. The van der Waals surface area contributed by atoms with E-state index in [1.54, 1.807) is 0 Å². The highest BCUT2D eigenvalue weighted by Gasteiger charge is 2.47. The van der Waals surface area contributed by atoms with Crippen molar-refractivity contribution in [3.05, 3.63) is 29.6 Å². The van der Waals surface area contributed by atoms with Crippen molar-refractivity contribution >= 4 is 17.5 Å². The highest BCUT2D eigenvalue weighted by molar-refractivity contribution is 7.99. The molecule has 1 aromatic carbocycles. The Morgan fingerprint density at radius 2 is 2.11 bits per heavy atom. The summed E-state index contributed by atoms with van der Waals surface area (Å²) in [5.41, 5.74) is 0.207. The lowest BCUT2D eigenvalue weighted by Crippen LogP contribution is -2.50. The largest absolute Gasteiger partial charge is 0.485 e. The number of benzene rings is 1. The summed E-state index contributed by atoms with van der Waals surface area (Å²) in [6.07, 6.45) is 1.25. The smallest absolute Gasteiger partial charge is 0.170 e. The summed E-state index contributed by atoms with van der Waals surface area (Å²) >= 11 is 1.82. The maximum atomic E-state index is 13.3. The Kier molecular flexibility index (Phi) is 2.89. The van der Waals surface area contributed by atoms with Crippen molar-refractivity contribution in [2.24, 2.45) is 5.41 Å². The van der Waals surface area contributed by atoms with Gasteiger partial charge in [-0.25, -0.2) is 4.39 Å². The number of carbonyl (C=O) groups is 1. The number of thioether (sulfide) groups is 1. The lowest BCUT2D eigenvalue weighted by Gasteiger charge is -2.46. The van der Waals surface area contributed by atoms with Gasteiger partial charge in [0.05, 0.1) is 12.0 Å². The molecule has 1 unspecified atom stereocenters. The quantitative estimate of drug-likeness (QED) is 0.725. The Hall–Kier alpha value is -1.03. The van der Waals surface area contributed by atoms with Gasteiger partial charge >= 0.3 is 0 Å². The van der Waals surface area contributed by atoms with E-state index < -0.39 is 5.60 Å². The first-order chi connectivity index (χ1) is 8.89. The second kappa shape index (κ2) is 4.23. The number of rotatable bonds is 0. The van der Waals surface area contributed by atoms with E-state index in [1.807, 2.05) is 11.8 Å².